The fourth-order valence-electron chi connectivity index (χ4n) is 2.84. The fraction of sp³-hybridized carbons (Fsp3) is 0.750. The van der Waals surface area contributed by atoms with Crippen molar-refractivity contribution in [2.45, 2.75) is 39.7 Å². The van der Waals surface area contributed by atoms with Crippen molar-refractivity contribution in [1.29, 1.82) is 0 Å². The van der Waals surface area contributed by atoms with Crippen molar-refractivity contribution >= 4 is 18.3 Å². The minimum atomic E-state index is -0.106. The van der Waals surface area contributed by atoms with E-state index in [2.05, 4.69) is 41.4 Å². The highest BCUT2D eigenvalue weighted by atomic mass is 35.5. The van der Waals surface area contributed by atoms with Gasteiger partial charge in [-0.05, 0) is 40.7 Å². The van der Waals surface area contributed by atoms with E-state index in [9.17, 15) is 4.79 Å². The third-order valence-corrected chi connectivity index (χ3v) is 4.04. The molecule has 2 rings (SSSR count). The van der Waals surface area contributed by atoms with Crippen LogP contribution in [0.2, 0.25) is 0 Å². The van der Waals surface area contributed by atoms with Gasteiger partial charge in [0.1, 0.15) is 0 Å². The summed E-state index contributed by atoms with van der Waals surface area (Å²) in [7, 11) is 0. The van der Waals surface area contributed by atoms with Gasteiger partial charge in [0.25, 0.3) is 5.91 Å². The molecule has 0 saturated carbocycles. The number of carbonyl (C=O) groups is 1. The van der Waals surface area contributed by atoms with Crippen LogP contribution < -0.4 is 10.6 Å². The maximum Gasteiger partial charge on any atom is 0.254 e. The standard InChI is InChI=1S/C16H29N5O.ClH/c1-13-14(12-19-21(13)16(2,3)4)15(22)18-6-5-9-20-10-7-17-8-11-20;/h12,17H,5-11H2,1-4H3,(H,18,22);1H. The summed E-state index contributed by atoms with van der Waals surface area (Å²) < 4.78 is 1.91. The molecule has 0 bridgehead atoms. The van der Waals surface area contributed by atoms with Crippen LogP contribution in [0.4, 0.5) is 0 Å². The molecule has 0 radical (unpaired) electrons. The van der Waals surface area contributed by atoms with E-state index in [4.69, 9.17) is 0 Å². The molecule has 0 aromatic carbocycles. The Morgan fingerprint density at radius 1 is 1.35 bits per heavy atom. The Balaban J connectivity index is 0.00000264. The summed E-state index contributed by atoms with van der Waals surface area (Å²) in [5, 5.41) is 10.7. The van der Waals surface area contributed by atoms with Gasteiger partial charge in [0, 0.05) is 38.4 Å². The summed E-state index contributed by atoms with van der Waals surface area (Å²) >= 11 is 0. The summed E-state index contributed by atoms with van der Waals surface area (Å²) in [6.45, 7) is 14.3. The molecule has 6 nitrogen and oxygen atoms in total. The Morgan fingerprint density at radius 2 is 2.00 bits per heavy atom. The SMILES string of the molecule is Cc1c(C(=O)NCCCN2CCNCC2)cnn1C(C)(C)C.Cl. The van der Waals surface area contributed by atoms with Gasteiger partial charge in [-0.25, -0.2) is 0 Å². The van der Waals surface area contributed by atoms with Crippen molar-refractivity contribution in [1.82, 2.24) is 25.3 Å². The summed E-state index contributed by atoms with van der Waals surface area (Å²) in [6.07, 6.45) is 2.66. The van der Waals surface area contributed by atoms with Crippen molar-refractivity contribution in [3.63, 3.8) is 0 Å². The van der Waals surface area contributed by atoms with E-state index in [1.807, 2.05) is 11.6 Å². The topological polar surface area (TPSA) is 62.2 Å². The van der Waals surface area contributed by atoms with Crippen LogP contribution in [0.25, 0.3) is 0 Å². The van der Waals surface area contributed by atoms with Gasteiger partial charge in [0.15, 0.2) is 0 Å². The molecule has 0 spiro atoms. The Bertz CT molecular complexity index is 503. The molecule has 1 saturated heterocycles. The summed E-state index contributed by atoms with van der Waals surface area (Å²) in [5.74, 6) is -0.0201. The van der Waals surface area contributed by atoms with Crippen LogP contribution in [0.15, 0.2) is 6.20 Å². The third kappa shape index (κ3) is 5.48. The van der Waals surface area contributed by atoms with E-state index >= 15 is 0 Å². The lowest BCUT2D eigenvalue weighted by atomic mass is 10.1. The number of hydrogen-bond donors (Lipinski definition) is 2. The quantitative estimate of drug-likeness (QED) is 0.793. The largest absolute Gasteiger partial charge is 0.352 e. The molecule has 0 aliphatic carbocycles. The van der Waals surface area contributed by atoms with Gasteiger partial charge in [-0.1, -0.05) is 0 Å². The summed E-state index contributed by atoms with van der Waals surface area (Å²) in [6, 6.07) is 0. The monoisotopic (exact) mass is 343 g/mol. The maximum absolute atomic E-state index is 12.3. The first kappa shape index (κ1) is 19.9. The molecule has 1 amide bonds. The lowest BCUT2D eigenvalue weighted by molar-refractivity contribution is 0.0950. The predicted octanol–water partition coefficient (Wildman–Crippen LogP) is 1.39. The number of piperazine rings is 1. The number of amides is 1. The minimum Gasteiger partial charge on any atom is -0.352 e. The lowest BCUT2D eigenvalue weighted by Gasteiger charge is -2.27. The number of aromatic nitrogens is 2. The van der Waals surface area contributed by atoms with Gasteiger partial charge >= 0.3 is 0 Å². The average Bonchev–Trinajstić information content (AvgIpc) is 2.86. The number of carbonyl (C=O) groups excluding carboxylic acids is 1. The van der Waals surface area contributed by atoms with Crippen LogP contribution in [-0.4, -0.2) is 59.9 Å². The van der Waals surface area contributed by atoms with E-state index < -0.39 is 0 Å². The number of nitrogens with zero attached hydrogens (tertiary/aromatic N) is 3. The van der Waals surface area contributed by atoms with Crippen molar-refractivity contribution in [3.05, 3.63) is 17.5 Å². The molecule has 23 heavy (non-hydrogen) atoms. The van der Waals surface area contributed by atoms with Crippen molar-refractivity contribution in [3.8, 4) is 0 Å². The van der Waals surface area contributed by atoms with E-state index in [1.54, 1.807) is 6.20 Å². The second-order valence-corrected chi connectivity index (χ2v) is 6.93. The minimum absolute atomic E-state index is 0. The normalized spacial score (nSPS) is 16.0. The summed E-state index contributed by atoms with van der Waals surface area (Å²) in [5.41, 5.74) is 1.49. The van der Waals surface area contributed by atoms with Gasteiger partial charge in [-0.3, -0.25) is 9.48 Å². The molecule has 1 aliphatic rings. The second kappa shape index (κ2) is 8.66. The van der Waals surface area contributed by atoms with E-state index in [1.165, 1.54) is 0 Å². The van der Waals surface area contributed by atoms with E-state index in [-0.39, 0.29) is 23.9 Å². The van der Waals surface area contributed by atoms with Crippen LogP contribution >= 0.6 is 12.4 Å². The fourth-order valence-corrected chi connectivity index (χ4v) is 2.84. The number of rotatable bonds is 5. The van der Waals surface area contributed by atoms with Gasteiger partial charge in [-0.15, -0.1) is 12.4 Å². The second-order valence-electron chi connectivity index (χ2n) is 6.93. The van der Waals surface area contributed by atoms with Gasteiger partial charge in [-0.2, -0.15) is 5.10 Å². The van der Waals surface area contributed by atoms with E-state index in [0.29, 0.717) is 12.1 Å². The molecule has 1 fully saturated rings. The van der Waals surface area contributed by atoms with E-state index in [0.717, 1.165) is 44.8 Å². The Morgan fingerprint density at radius 3 is 2.57 bits per heavy atom. The zero-order chi connectivity index (χ0) is 16.2. The molecule has 132 valence electrons. The molecule has 0 unspecified atom stereocenters. The van der Waals surface area contributed by atoms with Gasteiger partial charge in [0.2, 0.25) is 0 Å². The molecule has 1 aromatic rings. The Hall–Kier alpha value is -1.11. The lowest BCUT2D eigenvalue weighted by Crippen LogP contribution is -2.44. The van der Waals surface area contributed by atoms with Crippen molar-refractivity contribution in [2.75, 3.05) is 39.3 Å². The molecule has 1 aromatic heterocycles. The molecule has 1 aliphatic heterocycles. The van der Waals surface area contributed by atoms with Crippen molar-refractivity contribution < 1.29 is 4.79 Å². The van der Waals surface area contributed by atoms with Crippen LogP contribution in [0, 0.1) is 6.92 Å². The first-order valence-corrected chi connectivity index (χ1v) is 8.16. The zero-order valence-corrected chi connectivity index (χ0v) is 15.5. The molecular weight excluding hydrogens is 314 g/mol. The van der Waals surface area contributed by atoms with Crippen molar-refractivity contribution in [2.24, 2.45) is 0 Å². The molecule has 2 heterocycles. The molecule has 0 atom stereocenters. The third-order valence-electron chi connectivity index (χ3n) is 4.04. The highest BCUT2D eigenvalue weighted by Gasteiger charge is 2.21. The van der Waals surface area contributed by atoms with Crippen LogP contribution in [0.5, 0.6) is 0 Å². The predicted molar refractivity (Wildman–Crippen MR) is 95.5 cm³/mol. The molecule has 2 N–H and O–H groups in total. The number of hydrogen-bond acceptors (Lipinski definition) is 4. The number of nitrogens with one attached hydrogen (secondary N) is 2. The van der Waals surface area contributed by atoms with Crippen LogP contribution in [-0.2, 0) is 5.54 Å². The van der Waals surface area contributed by atoms with Crippen LogP contribution in [0.3, 0.4) is 0 Å². The molecular formula is C16H30ClN5O. The Kier molecular flexibility index (Phi) is 7.51. The maximum atomic E-state index is 12.3. The summed E-state index contributed by atoms with van der Waals surface area (Å²) in [4.78, 5) is 14.7. The average molecular weight is 344 g/mol. The van der Waals surface area contributed by atoms with Gasteiger partial charge < -0.3 is 15.5 Å². The van der Waals surface area contributed by atoms with Crippen LogP contribution in [0.1, 0.15) is 43.2 Å². The first-order chi connectivity index (χ1) is 10.4. The zero-order valence-electron chi connectivity index (χ0n) is 14.7. The highest BCUT2D eigenvalue weighted by Crippen LogP contribution is 2.18. The number of halogens is 1. The smallest absolute Gasteiger partial charge is 0.254 e. The van der Waals surface area contributed by atoms with Gasteiger partial charge in [0.05, 0.1) is 17.3 Å². The first-order valence-electron chi connectivity index (χ1n) is 8.16. The highest BCUT2D eigenvalue weighted by molar-refractivity contribution is 5.95. The molecule has 7 heteroatoms. The Labute approximate surface area is 145 Å².